The highest BCUT2D eigenvalue weighted by molar-refractivity contribution is 5.43. The SMILES string of the molecule is COC(c1noc(-c2cn(C3CNC3)nn2)n1)C1CC1. The Balaban J connectivity index is 1.55. The molecule has 106 valence electrons. The number of rotatable bonds is 5. The first-order valence-electron chi connectivity index (χ1n) is 6.84. The van der Waals surface area contributed by atoms with E-state index >= 15 is 0 Å². The smallest absolute Gasteiger partial charge is 0.280 e. The van der Waals surface area contributed by atoms with Gasteiger partial charge in [0, 0.05) is 20.2 Å². The number of ether oxygens (including phenoxy) is 1. The first-order valence-corrected chi connectivity index (χ1v) is 6.84. The quantitative estimate of drug-likeness (QED) is 0.853. The van der Waals surface area contributed by atoms with Crippen molar-refractivity contribution in [1.29, 1.82) is 0 Å². The second kappa shape index (κ2) is 4.64. The highest BCUT2D eigenvalue weighted by Gasteiger charge is 2.36. The van der Waals surface area contributed by atoms with Crippen molar-refractivity contribution in [3.63, 3.8) is 0 Å². The van der Waals surface area contributed by atoms with Crippen LogP contribution in [0.4, 0.5) is 0 Å². The number of hydrogen-bond acceptors (Lipinski definition) is 7. The minimum absolute atomic E-state index is 0.0709. The van der Waals surface area contributed by atoms with Crippen molar-refractivity contribution in [1.82, 2.24) is 30.5 Å². The fraction of sp³-hybridized carbons (Fsp3) is 0.667. The van der Waals surface area contributed by atoms with Gasteiger partial charge in [-0.05, 0) is 18.8 Å². The number of aromatic nitrogens is 5. The topological polar surface area (TPSA) is 90.9 Å². The lowest BCUT2D eigenvalue weighted by atomic mass is 10.2. The van der Waals surface area contributed by atoms with Crippen molar-refractivity contribution < 1.29 is 9.26 Å². The molecule has 2 aromatic rings. The van der Waals surface area contributed by atoms with Gasteiger partial charge in [0.2, 0.25) is 5.82 Å². The third-order valence-corrected chi connectivity index (χ3v) is 3.86. The molecule has 1 aliphatic carbocycles. The summed E-state index contributed by atoms with van der Waals surface area (Å²) in [6.07, 6.45) is 4.10. The van der Waals surface area contributed by atoms with Gasteiger partial charge in [0.25, 0.3) is 5.89 Å². The maximum Gasteiger partial charge on any atom is 0.280 e. The molecular formula is C12H16N6O2. The molecular weight excluding hydrogens is 260 g/mol. The van der Waals surface area contributed by atoms with E-state index in [1.807, 2.05) is 10.9 Å². The second-order valence-electron chi connectivity index (χ2n) is 5.35. The number of nitrogens with one attached hydrogen (secondary N) is 1. The molecule has 8 nitrogen and oxygen atoms in total. The molecule has 1 unspecified atom stereocenters. The highest BCUT2D eigenvalue weighted by atomic mass is 16.5. The van der Waals surface area contributed by atoms with E-state index in [2.05, 4.69) is 25.8 Å². The van der Waals surface area contributed by atoms with Crippen molar-refractivity contribution in [2.24, 2.45) is 5.92 Å². The van der Waals surface area contributed by atoms with Gasteiger partial charge in [-0.2, -0.15) is 4.98 Å². The predicted octanol–water partition coefficient (Wildman–Crippen LogP) is 0.570. The van der Waals surface area contributed by atoms with Crippen molar-refractivity contribution >= 4 is 0 Å². The summed E-state index contributed by atoms with van der Waals surface area (Å²) in [5.41, 5.74) is 0.612. The lowest BCUT2D eigenvalue weighted by Gasteiger charge is -2.26. The van der Waals surface area contributed by atoms with E-state index in [-0.39, 0.29) is 6.10 Å². The summed E-state index contributed by atoms with van der Waals surface area (Å²) in [5.74, 6) is 1.52. The molecule has 2 aliphatic rings. The monoisotopic (exact) mass is 276 g/mol. The first kappa shape index (κ1) is 12.0. The zero-order valence-corrected chi connectivity index (χ0v) is 11.2. The van der Waals surface area contributed by atoms with E-state index in [1.165, 1.54) is 0 Å². The van der Waals surface area contributed by atoms with Gasteiger partial charge in [-0.3, -0.25) is 0 Å². The van der Waals surface area contributed by atoms with Crippen LogP contribution in [0.3, 0.4) is 0 Å². The van der Waals surface area contributed by atoms with Crippen LogP contribution in [0.25, 0.3) is 11.6 Å². The Morgan fingerprint density at radius 1 is 1.45 bits per heavy atom. The van der Waals surface area contributed by atoms with E-state index in [1.54, 1.807) is 7.11 Å². The number of methoxy groups -OCH3 is 1. The third kappa shape index (κ3) is 2.01. The van der Waals surface area contributed by atoms with Crippen molar-refractivity contribution in [3.8, 4) is 11.6 Å². The van der Waals surface area contributed by atoms with E-state index in [0.717, 1.165) is 25.9 Å². The first-order chi connectivity index (χ1) is 9.85. The van der Waals surface area contributed by atoms with Gasteiger partial charge in [0.05, 0.1) is 12.2 Å². The van der Waals surface area contributed by atoms with Gasteiger partial charge in [-0.1, -0.05) is 10.4 Å². The molecule has 0 radical (unpaired) electrons. The van der Waals surface area contributed by atoms with Crippen molar-refractivity contribution in [3.05, 3.63) is 12.0 Å². The Morgan fingerprint density at radius 3 is 2.95 bits per heavy atom. The largest absolute Gasteiger partial charge is 0.373 e. The second-order valence-corrected chi connectivity index (χ2v) is 5.35. The van der Waals surface area contributed by atoms with Crippen molar-refractivity contribution in [2.45, 2.75) is 25.0 Å². The third-order valence-electron chi connectivity index (χ3n) is 3.86. The van der Waals surface area contributed by atoms with Gasteiger partial charge >= 0.3 is 0 Å². The lowest BCUT2D eigenvalue weighted by molar-refractivity contribution is 0.0751. The molecule has 3 heterocycles. The molecule has 2 aromatic heterocycles. The zero-order chi connectivity index (χ0) is 13.5. The molecule has 8 heteroatoms. The van der Waals surface area contributed by atoms with Crippen LogP contribution >= 0.6 is 0 Å². The van der Waals surface area contributed by atoms with Crippen LogP contribution in [0, 0.1) is 5.92 Å². The van der Waals surface area contributed by atoms with Gasteiger partial charge in [-0.15, -0.1) is 5.10 Å². The van der Waals surface area contributed by atoms with Crippen molar-refractivity contribution in [2.75, 3.05) is 20.2 Å². The van der Waals surface area contributed by atoms with Crippen LogP contribution in [0.5, 0.6) is 0 Å². The fourth-order valence-electron chi connectivity index (χ4n) is 2.38. The summed E-state index contributed by atoms with van der Waals surface area (Å²) in [4.78, 5) is 4.40. The van der Waals surface area contributed by atoms with Crippen LogP contribution in [-0.4, -0.2) is 45.3 Å². The average molecular weight is 276 g/mol. The molecule has 1 saturated heterocycles. The van der Waals surface area contributed by atoms with Crippen LogP contribution in [-0.2, 0) is 4.74 Å². The van der Waals surface area contributed by atoms with Crippen LogP contribution < -0.4 is 5.32 Å². The van der Waals surface area contributed by atoms with Crippen LogP contribution in [0.1, 0.15) is 30.8 Å². The fourth-order valence-corrected chi connectivity index (χ4v) is 2.38. The Morgan fingerprint density at radius 2 is 2.30 bits per heavy atom. The van der Waals surface area contributed by atoms with E-state index in [4.69, 9.17) is 9.26 Å². The Kier molecular flexibility index (Phi) is 2.78. The Labute approximate surface area is 115 Å². The summed E-state index contributed by atoms with van der Waals surface area (Å²) in [6, 6.07) is 0.372. The molecule has 20 heavy (non-hydrogen) atoms. The van der Waals surface area contributed by atoms with Gasteiger partial charge in [0.1, 0.15) is 6.10 Å². The normalized spacial score (nSPS) is 20.9. The number of hydrogen-bond donors (Lipinski definition) is 1. The summed E-state index contributed by atoms with van der Waals surface area (Å²) >= 11 is 0. The minimum atomic E-state index is -0.0709. The molecule has 1 aliphatic heterocycles. The lowest BCUT2D eigenvalue weighted by Crippen LogP contribution is -2.43. The molecule has 0 aromatic carbocycles. The molecule has 0 bridgehead atoms. The Hall–Kier alpha value is -1.80. The molecule has 1 saturated carbocycles. The molecule has 0 spiro atoms. The maximum absolute atomic E-state index is 5.44. The van der Waals surface area contributed by atoms with Gasteiger partial charge in [-0.25, -0.2) is 4.68 Å². The molecule has 1 atom stereocenters. The summed E-state index contributed by atoms with van der Waals surface area (Å²) in [5, 5.41) is 15.4. The Bertz CT molecular complexity index is 601. The predicted molar refractivity (Wildman–Crippen MR) is 67.7 cm³/mol. The molecule has 4 rings (SSSR count). The van der Waals surface area contributed by atoms with E-state index < -0.39 is 0 Å². The summed E-state index contributed by atoms with van der Waals surface area (Å²) < 4.78 is 12.6. The average Bonchev–Trinajstić information content (AvgIpc) is 2.91. The summed E-state index contributed by atoms with van der Waals surface area (Å²) in [7, 11) is 1.68. The van der Waals surface area contributed by atoms with Crippen LogP contribution in [0.15, 0.2) is 10.7 Å². The highest BCUT2D eigenvalue weighted by Crippen LogP contribution is 2.42. The standard InChI is InChI=1S/C12H16N6O2/c1-19-10(7-2-3-7)11-14-12(20-16-11)9-6-18(17-15-9)8-4-13-5-8/h6-8,10,13H,2-5H2,1H3. The van der Waals surface area contributed by atoms with Gasteiger partial charge < -0.3 is 14.6 Å². The zero-order valence-electron chi connectivity index (χ0n) is 11.2. The van der Waals surface area contributed by atoms with E-state index in [0.29, 0.717) is 29.4 Å². The summed E-state index contributed by atoms with van der Waals surface area (Å²) in [6.45, 7) is 1.84. The maximum atomic E-state index is 5.44. The minimum Gasteiger partial charge on any atom is -0.373 e. The molecule has 1 N–H and O–H groups in total. The molecule has 2 fully saturated rings. The molecule has 0 amide bonds. The number of nitrogens with zero attached hydrogens (tertiary/aromatic N) is 5. The van der Waals surface area contributed by atoms with Gasteiger partial charge in [0.15, 0.2) is 5.69 Å². The van der Waals surface area contributed by atoms with Crippen LogP contribution in [0.2, 0.25) is 0 Å². The van der Waals surface area contributed by atoms with E-state index in [9.17, 15) is 0 Å².